The van der Waals surface area contributed by atoms with Crippen molar-refractivity contribution in [1.82, 2.24) is 0 Å². The molecule has 0 N–H and O–H groups in total. The van der Waals surface area contributed by atoms with Crippen molar-refractivity contribution in [3.8, 4) is 29.3 Å². The second kappa shape index (κ2) is 14.0. The van der Waals surface area contributed by atoms with Gasteiger partial charge in [-0.05, 0) is 67.1 Å². The third kappa shape index (κ3) is 7.90. The molecule has 0 amide bonds. The first-order valence-corrected chi connectivity index (χ1v) is 16.7. The van der Waals surface area contributed by atoms with Gasteiger partial charge in [-0.15, -0.1) is 45.3 Å². The van der Waals surface area contributed by atoms with Crippen LogP contribution in [-0.4, -0.2) is 5.33 Å². The summed E-state index contributed by atoms with van der Waals surface area (Å²) in [6, 6.07) is 18.2. The monoisotopic (exact) mass is 576 g/mol. The van der Waals surface area contributed by atoms with Gasteiger partial charge in [-0.3, -0.25) is 0 Å². The number of aryl methyl sites for hydroxylation is 1. The van der Waals surface area contributed by atoms with Gasteiger partial charge in [0.15, 0.2) is 0 Å². The highest BCUT2D eigenvalue weighted by Crippen LogP contribution is 2.42. The zero-order chi connectivity index (χ0) is 22.7. The van der Waals surface area contributed by atoms with Crippen molar-refractivity contribution in [1.29, 1.82) is 0 Å². The summed E-state index contributed by atoms with van der Waals surface area (Å²) in [6.45, 7) is 0. The van der Waals surface area contributed by atoms with Crippen molar-refractivity contribution in [3.63, 3.8) is 0 Å². The maximum atomic E-state index is 3.52. The number of unbranched alkanes of at least 4 members (excludes halogenated alkanes) is 9. The normalized spacial score (nSPS) is 11.4. The molecule has 0 atom stereocenters. The number of halogens is 1. The van der Waals surface area contributed by atoms with Crippen molar-refractivity contribution in [2.75, 3.05) is 5.33 Å². The zero-order valence-electron chi connectivity index (χ0n) is 19.2. The minimum atomic E-state index is 1.17. The van der Waals surface area contributed by atoms with E-state index in [0.29, 0.717) is 0 Å². The van der Waals surface area contributed by atoms with Crippen LogP contribution in [0.2, 0.25) is 0 Å². The summed E-state index contributed by atoms with van der Waals surface area (Å²) in [5.74, 6) is 0. The van der Waals surface area contributed by atoms with E-state index in [2.05, 4.69) is 69.8 Å². The van der Waals surface area contributed by atoms with Crippen molar-refractivity contribution >= 4 is 61.3 Å². The van der Waals surface area contributed by atoms with Gasteiger partial charge >= 0.3 is 0 Å². The Hall–Kier alpha value is -0.720. The van der Waals surface area contributed by atoms with E-state index in [1.165, 1.54) is 105 Å². The predicted octanol–water partition coefficient (Wildman–Crippen LogP) is 11.8. The smallest absolute Gasteiger partial charge is 0.0449 e. The third-order valence-electron chi connectivity index (χ3n) is 5.93. The van der Waals surface area contributed by atoms with Gasteiger partial charge in [0.2, 0.25) is 0 Å². The zero-order valence-corrected chi connectivity index (χ0v) is 24.0. The quantitative estimate of drug-likeness (QED) is 0.0974. The van der Waals surface area contributed by atoms with E-state index in [-0.39, 0.29) is 0 Å². The molecule has 0 saturated heterocycles. The van der Waals surface area contributed by atoms with Crippen molar-refractivity contribution in [3.05, 3.63) is 58.8 Å². The van der Waals surface area contributed by atoms with Gasteiger partial charge in [0.05, 0.1) is 0 Å². The third-order valence-corrected chi connectivity index (χ3v) is 11.3. The van der Waals surface area contributed by atoms with Gasteiger partial charge in [-0.25, -0.2) is 0 Å². The first-order valence-electron chi connectivity index (χ1n) is 12.2. The fourth-order valence-corrected chi connectivity index (χ4v) is 8.55. The number of thiophene rings is 4. The Labute approximate surface area is 223 Å². The van der Waals surface area contributed by atoms with E-state index in [0.717, 1.165) is 0 Å². The highest BCUT2D eigenvalue weighted by atomic mass is 79.9. The molecule has 0 bridgehead atoms. The Morgan fingerprint density at radius 2 is 0.970 bits per heavy atom. The summed E-state index contributed by atoms with van der Waals surface area (Å²) in [7, 11) is 0. The molecule has 0 aliphatic heterocycles. The minimum absolute atomic E-state index is 1.17. The van der Waals surface area contributed by atoms with E-state index in [4.69, 9.17) is 0 Å². The molecule has 0 aromatic carbocycles. The van der Waals surface area contributed by atoms with Crippen molar-refractivity contribution in [2.45, 2.75) is 70.6 Å². The largest absolute Gasteiger partial charge is 0.143 e. The second-order valence-corrected chi connectivity index (χ2v) is 13.6. The molecule has 5 heteroatoms. The van der Waals surface area contributed by atoms with Gasteiger partial charge in [-0.1, -0.05) is 73.4 Å². The lowest BCUT2D eigenvalue weighted by Gasteiger charge is -2.02. The molecule has 0 nitrogen and oxygen atoms in total. The van der Waals surface area contributed by atoms with Crippen LogP contribution in [0, 0.1) is 0 Å². The Kier molecular flexibility index (Phi) is 10.8. The molecular weight excluding hydrogens is 544 g/mol. The molecule has 0 fully saturated rings. The highest BCUT2D eigenvalue weighted by molar-refractivity contribution is 9.09. The summed E-state index contributed by atoms with van der Waals surface area (Å²) >= 11 is 11.2. The highest BCUT2D eigenvalue weighted by Gasteiger charge is 2.11. The Balaban J connectivity index is 1.17. The molecule has 33 heavy (non-hydrogen) atoms. The molecule has 0 unspecified atom stereocenters. The van der Waals surface area contributed by atoms with Crippen molar-refractivity contribution < 1.29 is 0 Å². The predicted molar refractivity (Wildman–Crippen MR) is 158 cm³/mol. The fraction of sp³-hybridized carbons (Fsp3) is 0.429. The topological polar surface area (TPSA) is 0 Å². The average molecular weight is 578 g/mol. The first kappa shape index (κ1) is 25.4. The molecular formula is C28H33BrS4. The van der Waals surface area contributed by atoms with Gasteiger partial charge in [0.25, 0.3) is 0 Å². The first-order chi connectivity index (χ1) is 16.3. The lowest BCUT2D eigenvalue weighted by atomic mass is 10.1. The minimum Gasteiger partial charge on any atom is -0.143 e. The second-order valence-electron chi connectivity index (χ2n) is 8.55. The van der Waals surface area contributed by atoms with Gasteiger partial charge in [0, 0.05) is 39.5 Å². The summed E-state index contributed by atoms with van der Waals surface area (Å²) in [4.78, 5) is 9.88. The molecule has 4 aromatic rings. The molecule has 0 radical (unpaired) electrons. The van der Waals surface area contributed by atoms with Crippen LogP contribution in [0.25, 0.3) is 29.3 Å². The maximum absolute atomic E-state index is 3.52. The van der Waals surface area contributed by atoms with E-state index >= 15 is 0 Å². The molecule has 4 aromatic heterocycles. The Morgan fingerprint density at radius 3 is 1.52 bits per heavy atom. The number of rotatable bonds is 15. The van der Waals surface area contributed by atoms with E-state index < -0.39 is 0 Å². The Bertz CT molecular complexity index is 1050. The van der Waals surface area contributed by atoms with E-state index in [1.807, 2.05) is 45.3 Å². The molecule has 4 rings (SSSR count). The molecule has 0 aliphatic carbocycles. The molecule has 0 aliphatic rings. The number of hydrogen-bond donors (Lipinski definition) is 0. The maximum Gasteiger partial charge on any atom is 0.0449 e. The van der Waals surface area contributed by atoms with Gasteiger partial charge in [0.1, 0.15) is 0 Å². The van der Waals surface area contributed by atoms with E-state index in [9.17, 15) is 0 Å². The van der Waals surface area contributed by atoms with Crippen LogP contribution in [0.5, 0.6) is 0 Å². The summed E-state index contributed by atoms with van der Waals surface area (Å²) < 4.78 is 0. The average Bonchev–Trinajstić information content (AvgIpc) is 3.63. The van der Waals surface area contributed by atoms with Gasteiger partial charge in [-0.2, -0.15) is 0 Å². The lowest BCUT2D eigenvalue weighted by Crippen LogP contribution is -1.84. The summed E-state index contributed by atoms with van der Waals surface area (Å²) in [6.07, 6.45) is 15.2. The van der Waals surface area contributed by atoms with Crippen molar-refractivity contribution in [2.24, 2.45) is 0 Å². The Morgan fingerprint density at radius 1 is 0.485 bits per heavy atom. The molecule has 0 spiro atoms. The number of alkyl halides is 1. The lowest BCUT2D eigenvalue weighted by molar-refractivity contribution is 0.558. The van der Waals surface area contributed by atoms with Crippen LogP contribution in [0.15, 0.2) is 53.9 Å². The van der Waals surface area contributed by atoms with E-state index in [1.54, 1.807) is 4.88 Å². The number of hydrogen-bond acceptors (Lipinski definition) is 4. The SMILES string of the molecule is BrCCCCCCCCCCCCc1ccc(-c2ccc(-c3ccc(-c4cccs4)s3)s2)s1. The molecule has 0 saturated carbocycles. The molecule has 4 heterocycles. The van der Waals surface area contributed by atoms with Crippen LogP contribution >= 0.6 is 61.3 Å². The van der Waals surface area contributed by atoms with Crippen LogP contribution in [-0.2, 0) is 6.42 Å². The molecule has 176 valence electrons. The van der Waals surface area contributed by atoms with Gasteiger partial charge < -0.3 is 0 Å². The van der Waals surface area contributed by atoms with Crippen LogP contribution < -0.4 is 0 Å². The summed E-state index contributed by atoms with van der Waals surface area (Å²) in [5, 5.41) is 3.32. The van der Waals surface area contributed by atoms with Crippen LogP contribution in [0.1, 0.15) is 69.1 Å². The fourth-order valence-electron chi connectivity index (χ4n) is 4.08. The summed E-state index contributed by atoms with van der Waals surface area (Å²) in [5.41, 5.74) is 0. The van der Waals surface area contributed by atoms with Crippen LogP contribution in [0.3, 0.4) is 0 Å². The standard InChI is InChI=1S/C28H33BrS4/c29-20-10-8-6-4-2-1-3-5-7-9-12-22-14-15-25(31-22)26-18-19-28(33-26)27-17-16-24(32-27)23-13-11-21-30-23/h11,13-19,21H,1-10,12,20H2. The van der Waals surface area contributed by atoms with Crippen LogP contribution in [0.4, 0.5) is 0 Å².